The standard InChI is InChI=1S/C21H27N3O3/c1-13-2-7-17(22-19(25)14-3-4-14)12-18(13)23-20(26)15-8-10-24(11-9-15)21(27)16-5-6-16/h2,7,12,14-16H,3-6,8-11H2,1H3,(H,22,25)(H,23,26). The van der Waals surface area contributed by atoms with Gasteiger partial charge in [0.05, 0.1) is 0 Å². The smallest absolute Gasteiger partial charge is 0.227 e. The molecule has 4 rings (SSSR count). The fraction of sp³-hybridized carbons (Fsp3) is 0.571. The molecule has 3 aliphatic rings. The molecule has 1 aromatic carbocycles. The molecular weight excluding hydrogens is 342 g/mol. The Balaban J connectivity index is 1.33. The van der Waals surface area contributed by atoms with Crippen LogP contribution < -0.4 is 10.6 Å². The first kappa shape index (κ1) is 18.0. The molecule has 6 heteroatoms. The van der Waals surface area contributed by atoms with Crippen LogP contribution in [0.15, 0.2) is 18.2 Å². The van der Waals surface area contributed by atoms with Crippen molar-refractivity contribution in [1.82, 2.24) is 4.90 Å². The molecule has 1 aromatic rings. The first-order chi connectivity index (χ1) is 13.0. The Bertz CT molecular complexity index is 760. The lowest BCUT2D eigenvalue weighted by atomic mass is 9.95. The third-order valence-electron chi connectivity index (χ3n) is 5.82. The number of nitrogens with one attached hydrogen (secondary N) is 2. The second-order valence-corrected chi connectivity index (χ2v) is 8.16. The van der Waals surface area contributed by atoms with Crippen molar-refractivity contribution in [3.8, 4) is 0 Å². The Morgan fingerprint density at radius 1 is 0.852 bits per heavy atom. The molecule has 2 saturated carbocycles. The number of anilines is 2. The zero-order valence-corrected chi connectivity index (χ0v) is 15.8. The van der Waals surface area contributed by atoms with Crippen molar-refractivity contribution in [3.05, 3.63) is 23.8 Å². The SMILES string of the molecule is Cc1ccc(NC(=O)C2CC2)cc1NC(=O)C1CCN(C(=O)C2CC2)CC1. The van der Waals surface area contributed by atoms with Crippen LogP contribution in [0.4, 0.5) is 11.4 Å². The van der Waals surface area contributed by atoms with E-state index in [4.69, 9.17) is 0 Å². The van der Waals surface area contributed by atoms with Crippen LogP contribution in [0.2, 0.25) is 0 Å². The summed E-state index contributed by atoms with van der Waals surface area (Å²) in [5.74, 6) is 0.645. The number of benzene rings is 1. The van der Waals surface area contributed by atoms with Gasteiger partial charge in [-0.05, 0) is 63.1 Å². The summed E-state index contributed by atoms with van der Waals surface area (Å²) in [5, 5.41) is 5.95. The molecule has 1 aliphatic heterocycles. The zero-order chi connectivity index (χ0) is 19.0. The molecule has 0 unspecified atom stereocenters. The fourth-order valence-corrected chi connectivity index (χ4v) is 3.61. The number of carbonyl (C=O) groups is 3. The second-order valence-electron chi connectivity index (χ2n) is 8.16. The Kier molecular flexibility index (Phi) is 4.89. The number of hydrogen-bond acceptors (Lipinski definition) is 3. The molecule has 6 nitrogen and oxygen atoms in total. The van der Waals surface area contributed by atoms with Crippen molar-refractivity contribution in [2.45, 2.75) is 45.4 Å². The number of rotatable bonds is 5. The lowest BCUT2D eigenvalue weighted by molar-refractivity contribution is -0.135. The number of amides is 3. The third-order valence-corrected chi connectivity index (χ3v) is 5.82. The fourth-order valence-electron chi connectivity index (χ4n) is 3.61. The first-order valence-electron chi connectivity index (χ1n) is 10.0. The molecule has 0 spiro atoms. The monoisotopic (exact) mass is 369 g/mol. The molecule has 2 aliphatic carbocycles. The van der Waals surface area contributed by atoms with E-state index < -0.39 is 0 Å². The minimum atomic E-state index is -0.0719. The third kappa shape index (κ3) is 4.31. The first-order valence-corrected chi connectivity index (χ1v) is 10.0. The Morgan fingerprint density at radius 3 is 2.07 bits per heavy atom. The van der Waals surface area contributed by atoms with Crippen molar-refractivity contribution in [2.24, 2.45) is 17.8 Å². The quantitative estimate of drug-likeness (QED) is 0.838. The van der Waals surface area contributed by atoms with Gasteiger partial charge >= 0.3 is 0 Å². The molecular formula is C21H27N3O3. The highest BCUT2D eigenvalue weighted by Gasteiger charge is 2.36. The van der Waals surface area contributed by atoms with E-state index in [9.17, 15) is 14.4 Å². The number of nitrogens with zero attached hydrogens (tertiary/aromatic N) is 1. The number of aryl methyl sites for hydroxylation is 1. The van der Waals surface area contributed by atoms with Gasteiger partial charge in [-0.3, -0.25) is 14.4 Å². The minimum Gasteiger partial charge on any atom is -0.342 e. The maximum absolute atomic E-state index is 12.7. The van der Waals surface area contributed by atoms with Gasteiger partial charge in [-0.1, -0.05) is 6.07 Å². The molecule has 144 valence electrons. The molecule has 2 N–H and O–H groups in total. The number of hydrogen-bond donors (Lipinski definition) is 2. The predicted molar refractivity (Wildman–Crippen MR) is 103 cm³/mol. The number of carbonyl (C=O) groups excluding carboxylic acids is 3. The van der Waals surface area contributed by atoms with Gasteiger partial charge in [-0.2, -0.15) is 0 Å². The zero-order valence-electron chi connectivity index (χ0n) is 15.8. The predicted octanol–water partition coefficient (Wildman–Crippen LogP) is 2.93. The van der Waals surface area contributed by atoms with Gasteiger partial charge in [0.25, 0.3) is 0 Å². The van der Waals surface area contributed by atoms with Crippen LogP contribution in [0.25, 0.3) is 0 Å². The van der Waals surface area contributed by atoms with E-state index in [1.54, 1.807) is 0 Å². The second kappa shape index (κ2) is 7.33. The average molecular weight is 369 g/mol. The summed E-state index contributed by atoms with van der Waals surface area (Å²) in [5.41, 5.74) is 2.43. The average Bonchev–Trinajstić information content (AvgIpc) is 3.56. The van der Waals surface area contributed by atoms with E-state index in [1.807, 2.05) is 30.0 Å². The summed E-state index contributed by atoms with van der Waals surface area (Å²) in [4.78, 5) is 38.7. The van der Waals surface area contributed by atoms with Gasteiger partial charge in [0.2, 0.25) is 17.7 Å². The number of piperidine rings is 1. The van der Waals surface area contributed by atoms with E-state index in [2.05, 4.69) is 10.6 Å². The maximum Gasteiger partial charge on any atom is 0.227 e. The Morgan fingerprint density at radius 2 is 1.44 bits per heavy atom. The summed E-state index contributed by atoms with van der Waals surface area (Å²) in [6.45, 7) is 3.28. The molecule has 0 radical (unpaired) electrons. The molecule has 1 heterocycles. The summed E-state index contributed by atoms with van der Waals surface area (Å²) >= 11 is 0. The summed E-state index contributed by atoms with van der Waals surface area (Å²) in [7, 11) is 0. The van der Waals surface area contributed by atoms with Crippen LogP contribution in [0, 0.1) is 24.7 Å². The topological polar surface area (TPSA) is 78.5 Å². The highest BCUT2D eigenvalue weighted by atomic mass is 16.2. The summed E-state index contributed by atoms with van der Waals surface area (Å²) in [6.07, 6.45) is 5.38. The van der Waals surface area contributed by atoms with E-state index in [-0.39, 0.29) is 35.5 Å². The minimum absolute atomic E-state index is 0.00212. The van der Waals surface area contributed by atoms with Crippen LogP contribution in [0.3, 0.4) is 0 Å². The van der Waals surface area contributed by atoms with Crippen molar-refractivity contribution >= 4 is 29.1 Å². The highest BCUT2D eigenvalue weighted by Crippen LogP contribution is 2.33. The van der Waals surface area contributed by atoms with E-state index >= 15 is 0 Å². The lowest BCUT2D eigenvalue weighted by Gasteiger charge is -2.31. The molecule has 1 saturated heterocycles. The molecule has 0 aromatic heterocycles. The van der Waals surface area contributed by atoms with E-state index in [1.165, 1.54) is 0 Å². The normalized spacial score (nSPS) is 20.3. The lowest BCUT2D eigenvalue weighted by Crippen LogP contribution is -2.42. The van der Waals surface area contributed by atoms with Crippen molar-refractivity contribution in [2.75, 3.05) is 23.7 Å². The van der Waals surface area contributed by atoms with E-state index in [0.29, 0.717) is 25.9 Å². The molecule has 0 atom stereocenters. The van der Waals surface area contributed by atoms with Crippen LogP contribution in [0.5, 0.6) is 0 Å². The van der Waals surface area contributed by atoms with Gasteiger partial charge < -0.3 is 15.5 Å². The van der Waals surface area contributed by atoms with Gasteiger partial charge in [-0.15, -0.1) is 0 Å². The van der Waals surface area contributed by atoms with Crippen LogP contribution in [-0.4, -0.2) is 35.7 Å². The molecule has 27 heavy (non-hydrogen) atoms. The molecule has 3 fully saturated rings. The van der Waals surface area contributed by atoms with Gasteiger partial charge in [0, 0.05) is 42.2 Å². The largest absolute Gasteiger partial charge is 0.342 e. The summed E-state index contributed by atoms with van der Waals surface area (Å²) < 4.78 is 0. The molecule has 3 amide bonds. The Labute approximate surface area is 159 Å². The maximum atomic E-state index is 12.7. The highest BCUT2D eigenvalue weighted by molar-refractivity contribution is 5.97. The van der Waals surface area contributed by atoms with Crippen LogP contribution in [0.1, 0.15) is 44.1 Å². The van der Waals surface area contributed by atoms with E-state index in [0.717, 1.165) is 42.6 Å². The van der Waals surface area contributed by atoms with Crippen molar-refractivity contribution < 1.29 is 14.4 Å². The Hall–Kier alpha value is -2.37. The summed E-state index contributed by atoms with van der Waals surface area (Å²) in [6, 6.07) is 5.61. The molecule has 0 bridgehead atoms. The van der Waals surface area contributed by atoms with Gasteiger partial charge in [0.15, 0.2) is 0 Å². The van der Waals surface area contributed by atoms with Gasteiger partial charge in [-0.25, -0.2) is 0 Å². The number of likely N-dealkylation sites (tertiary alicyclic amines) is 1. The van der Waals surface area contributed by atoms with Crippen molar-refractivity contribution in [1.29, 1.82) is 0 Å². The van der Waals surface area contributed by atoms with Gasteiger partial charge in [0.1, 0.15) is 0 Å². The van der Waals surface area contributed by atoms with Crippen molar-refractivity contribution in [3.63, 3.8) is 0 Å². The van der Waals surface area contributed by atoms with Crippen LogP contribution >= 0.6 is 0 Å². The van der Waals surface area contributed by atoms with Crippen LogP contribution in [-0.2, 0) is 14.4 Å².